The Hall–Kier alpha value is -3.76. The zero-order chi connectivity index (χ0) is 26.6. The van der Waals surface area contributed by atoms with Crippen molar-refractivity contribution in [2.75, 3.05) is 25.1 Å². The Labute approximate surface area is 215 Å². The molecule has 0 aliphatic carbocycles. The van der Waals surface area contributed by atoms with Crippen molar-refractivity contribution in [1.29, 1.82) is 0 Å². The number of hydrogen-bond acceptors (Lipinski definition) is 8. The van der Waals surface area contributed by atoms with Gasteiger partial charge in [0.15, 0.2) is 5.65 Å². The maximum Gasteiger partial charge on any atom is 0.306 e. The van der Waals surface area contributed by atoms with Crippen molar-refractivity contribution in [1.82, 2.24) is 24.9 Å². The number of pyridine rings is 1. The average Bonchev–Trinajstić information content (AvgIpc) is 3.49. The van der Waals surface area contributed by atoms with Gasteiger partial charge in [-0.05, 0) is 58.6 Å². The molecule has 1 N–H and O–H groups in total. The number of fused-ring (bicyclic) bond motifs is 1. The number of nitrogens with one attached hydrogen (secondary N) is 1. The first-order valence-electron chi connectivity index (χ1n) is 12.5. The van der Waals surface area contributed by atoms with E-state index >= 15 is 0 Å². The highest BCUT2D eigenvalue weighted by Crippen LogP contribution is 2.38. The summed E-state index contributed by atoms with van der Waals surface area (Å²) in [5.74, 6) is 0.0894. The highest BCUT2D eigenvalue weighted by molar-refractivity contribution is 5.99. The number of nitrogens with zero attached hydrogens (tertiary/aromatic N) is 5. The predicted octanol–water partition coefficient (Wildman–Crippen LogP) is 3.86. The van der Waals surface area contributed by atoms with Gasteiger partial charge in [0, 0.05) is 31.3 Å². The maximum absolute atomic E-state index is 14.0. The summed E-state index contributed by atoms with van der Waals surface area (Å²) in [5.41, 5.74) is 0.948. The molecule has 0 radical (unpaired) electrons. The van der Waals surface area contributed by atoms with Crippen LogP contribution in [0.3, 0.4) is 0 Å². The Bertz CT molecular complexity index is 1270. The number of ether oxygens (including phenoxy) is 2. The molecule has 198 valence electrons. The molecule has 4 heterocycles. The topological polar surface area (TPSA) is 111 Å². The molecule has 0 bridgehead atoms. The van der Waals surface area contributed by atoms with Gasteiger partial charge in [-0.1, -0.05) is 0 Å². The molecule has 3 aromatic rings. The SMILES string of the molecule is COc1ncc(F)cc1[C@H]1CCCN1c1ccn2ncc(C(=O)NCCCCC(=O)OC(C)(C)C)c2n1. The summed E-state index contributed by atoms with van der Waals surface area (Å²) in [6.45, 7) is 6.64. The minimum atomic E-state index is -0.504. The summed E-state index contributed by atoms with van der Waals surface area (Å²) in [6.07, 6.45) is 7.63. The summed E-state index contributed by atoms with van der Waals surface area (Å²) in [4.78, 5) is 35.6. The monoisotopic (exact) mass is 512 g/mol. The molecule has 1 fully saturated rings. The zero-order valence-electron chi connectivity index (χ0n) is 21.7. The second-order valence-corrected chi connectivity index (χ2v) is 10.0. The van der Waals surface area contributed by atoms with Crippen LogP contribution < -0.4 is 15.0 Å². The Kier molecular flexibility index (Phi) is 7.89. The molecule has 0 saturated carbocycles. The third-order valence-electron chi connectivity index (χ3n) is 6.06. The van der Waals surface area contributed by atoms with Crippen LogP contribution in [-0.4, -0.2) is 57.3 Å². The molecule has 1 atom stereocenters. The van der Waals surface area contributed by atoms with Crippen molar-refractivity contribution >= 4 is 23.3 Å². The number of carbonyl (C=O) groups excluding carboxylic acids is 2. The van der Waals surface area contributed by atoms with Gasteiger partial charge in [0.05, 0.1) is 25.5 Å². The van der Waals surface area contributed by atoms with Gasteiger partial charge in [0.2, 0.25) is 5.88 Å². The zero-order valence-corrected chi connectivity index (χ0v) is 21.7. The minimum Gasteiger partial charge on any atom is -0.481 e. The Balaban J connectivity index is 1.43. The van der Waals surface area contributed by atoms with Crippen molar-refractivity contribution in [2.24, 2.45) is 0 Å². The summed E-state index contributed by atoms with van der Waals surface area (Å²) in [7, 11) is 1.52. The smallest absolute Gasteiger partial charge is 0.306 e. The summed E-state index contributed by atoms with van der Waals surface area (Å²) in [6, 6.07) is 3.13. The van der Waals surface area contributed by atoms with Crippen molar-refractivity contribution in [3.63, 3.8) is 0 Å². The van der Waals surface area contributed by atoms with E-state index < -0.39 is 11.4 Å². The minimum absolute atomic E-state index is 0.154. The summed E-state index contributed by atoms with van der Waals surface area (Å²) < 4.78 is 26.2. The molecule has 37 heavy (non-hydrogen) atoms. The van der Waals surface area contributed by atoms with E-state index in [1.807, 2.05) is 26.8 Å². The van der Waals surface area contributed by atoms with E-state index in [1.165, 1.54) is 19.4 Å². The number of esters is 1. The lowest BCUT2D eigenvalue weighted by Crippen LogP contribution is -2.26. The van der Waals surface area contributed by atoms with Crippen LogP contribution >= 0.6 is 0 Å². The van der Waals surface area contributed by atoms with Crippen molar-refractivity contribution in [2.45, 2.75) is 64.5 Å². The van der Waals surface area contributed by atoms with E-state index in [0.29, 0.717) is 54.3 Å². The predicted molar refractivity (Wildman–Crippen MR) is 135 cm³/mol. The van der Waals surface area contributed by atoms with E-state index in [4.69, 9.17) is 14.5 Å². The largest absolute Gasteiger partial charge is 0.481 e. The van der Waals surface area contributed by atoms with E-state index in [-0.39, 0.29) is 17.9 Å². The fraction of sp³-hybridized carbons (Fsp3) is 0.500. The van der Waals surface area contributed by atoms with Gasteiger partial charge in [-0.2, -0.15) is 5.10 Å². The maximum atomic E-state index is 14.0. The molecule has 4 rings (SSSR count). The molecular formula is C26H33FN6O4. The van der Waals surface area contributed by atoms with E-state index in [2.05, 4.69) is 20.3 Å². The average molecular weight is 513 g/mol. The Morgan fingerprint density at radius 1 is 1.24 bits per heavy atom. The first-order valence-corrected chi connectivity index (χ1v) is 12.5. The van der Waals surface area contributed by atoms with Crippen LogP contribution in [-0.2, 0) is 9.53 Å². The first-order chi connectivity index (χ1) is 17.7. The molecular weight excluding hydrogens is 479 g/mol. The standard InChI is InChI=1S/C26H33FN6O4/c1-26(2,3)37-22(34)9-5-6-11-28-24(35)19-16-30-33-13-10-21(31-23(19)33)32-12-7-8-20(32)18-14-17(27)15-29-25(18)36-4/h10,13-16,20H,5-9,11-12H2,1-4H3,(H,28,35)/t20-/m1/s1. The van der Waals surface area contributed by atoms with Gasteiger partial charge in [0.25, 0.3) is 5.91 Å². The summed E-state index contributed by atoms with van der Waals surface area (Å²) in [5, 5.41) is 7.14. The van der Waals surface area contributed by atoms with Gasteiger partial charge in [-0.3, -0.25) is 9.59 Å². The second-order valence-electron chi connectivity index (χ2n) is 10.0. The van der Waals surface area contributed by atoms with Crippen LogP contribution in [0.15, 0.2) is 30.7 Å². The normalized spacial score (nSPS) is 15.7. The van der Waals surface area contributed by atoms with E-state index in [1.54, 1.807) is 10.7 Å². The highest BCUT2D eigenvalue weighted by Gasteiger charge is 2.31. The first kappa shape index (κ1) is 26.3. The number of amides is 1. The quantitative estimate of drug-likeness (QED) is 0.340. The molecule has 11 heteroatoms. The number of anilines is 1. The molecule has 1 saturated heterocycles. The van der Waals surface area contributed by atoms with Crippen molar-refractivity contribution in [3.8, 4) is 5.88 Å². The van der Waals surface area contributed by atoms with Crippen LogP contribution in [0, 0.1) is 5.82 Å². The lowest BCUT2D eigenvalue weighted by Gasteiger charge is -2.26. The van der Waals surface area contributed by atoms with Crippen LogP contribution in [0.2, 0.25) is 0 Å². The highest BCUT2D eigenvalue weighted by atomic mass is 19.1. The fourth-order valence-electron chi connectivity index (χ4n) is 4.48. The molecule has 10 nitrogen and oxygen atoms in total. The van der Waals surface area contributed by atoms with Crippen LogP contribution in [0.1, 0.15) is 74.8 Å². The molecule has 1 aliphatic rings. The molecule has 3 aromatic heterocycles. The van der Waals surface area contributed by atoms with Gasteiger partial charge < -0.3 is 19.7 Å². The Morgan fingerprint density at radius 2 is 2.05 bits per heavy atom. The lowest BCUT2D eigenvalue weighted by molar-refractivity contribution is -0.154. The lowest BCUT2D eigenvalue weighted by atomic mass is 10.1. The number of carbonyl (C=O) groups is 2. The number of aromatic nitrogens is 4. The van der Waals surface area contributed by atoms with Gasteiger partial charge >= 0.3 is 5.97 Å². The molecule has 0 unspecified atom stereocenters. The van der Waals surface area contributed by atoms with Crippen LogP contribution in [0.25, 0.3) is 5.65 Å². The third kappa shape index (κ3) is 6.33. The van der Waals surface area contributed by atoms with Crippen molar-refractivity contribution < 1.29 is 23.5 Å². The molecule has 1 amide bonds. The second kappa shape index (κ2) is 11.1. The number of rotatable bonds is 9. The number of unbranched alkanes of at least 4 members (excludes halogenated alkanes) is 1. The summed E-state index contributed by atoms with van der Waals surface area (Å²) >= 11 is 0. The van der Waals surface area contributed by atoms with Crippen molar-refractivity contribution in [3.05, 3.63) is 47.7 Å². The van der Waals surface area contributed by atoms with E-state index in [0.717, 1.165) is 25.6 Å². The number of methoxy groups -OCH3 is 1. The molecule has 1 aliphatic heterocycles. The number of hydrogen-bond donors (Lipinski definition) is 1. The van der Waals surface area contributed by atoms with Crippen LogP contribution in [0.4, 0.5) is 10.2 Å². The van der Waals surface area contributed by atoms with E-state index in [9.17, 15) is 14.0 Å². The van der Waals surface area contributed by atoms with Gasteiger partial charge in [-0.15, -0.1) is 0 Å². The third-order valence-corrected chi connectivity index (χ3v) is 6.06. The molecule has 0 aromatic carbocycles. The van der Waals surface area contributed by atoms with Crippen LogP contribution in [0.5, 0.6) is 5.88 Å². The van der Waals surface area contributed by atoms with Gasteiger partial charge in [0.1, 0.15) is 22.8 Å². The number of halogens is 1. The fourth-order valence-corrected chi connectivity index (χ4v) is 4.48. The molecule has 0 spiro atoms. The van der Waals surface area contributed by atoms with Gasteiger partial charge in [-0.25, -0.2) is 18.9 Å². The Morgan fingerprint density at radius 3 is 2.81 bits per heavy atom.